The number of nitrogens with zero attached hydrogens (tertiary/aromatic N) is 2. The molecule has 21 heavy (non-hydrogen) atoms. The molecular weight excluding hydrogens is 336 g/mol. The molecule has 2 aromatic carbocycles. The second-order valence-electron chi connectivity index (χ2n) is 4.47. The van der Waals surface area contributed by atoms with Gasteiger partial charge < -0.3 is 9.47 Å². The van der Waals surface area contributed by atoms with Crippen LogP contribution in [0, 0.1) is 6.92 Å². The molecule has 3 rings (SSSR count). The van der Waals surface area contributed by atoms with E-state index in [1.807, 2.05) is 37.3 Å². The number of aryl methyl sites for hydroxylation is 1. The number of hydrogen-bond donors (Lipinski definition) is 0. The van der Waals surface area contributed by atoms with Crippen molar-refractivity contribution in [2.45, 2.75) is 6.92 Å². The summed E-state index contributed by atoms with van der Waals surface area (Å²) in [4.78, 5) is 20.6. The van der Waals surface area contributed by atoms with Gasteiger partial charge in [0.2, 0.25) is 0 Å². The molecule has 0 aliphatic rings. The molecular formula is C15H11BrN2O3. The van der Waals surface area contributed by atoms with Crippen LogP contribution in [0.2, 0.25) is 0 Å². The third-order valence-corrected chi connectivity index (χ3v) is 3.67. The van der Waals surface area contributed by atoms with Crippen LogP contribution in [-0.4, -0.2) is 23.2 Å². The zero-order chi connectivity index (χ0) is 15.0. The van der Waals surface area contributed by atoms with Crippen molar-refractivity contribution in [1.82, 2.24) is 9.97 Å². The molecule has 0 bridgehead atoms. The van der Waals surface area contributed by atoms with Gasteiger partial charge in [0.1, 0.15) is 11.0 Å². The van der Waals surface area contributed by atoms with Gasteiger partial charge in [-0.3, -0.25) is 0 Å². The Hall–Kier alpha value is -2.21. The van der Waals surface area contributed by atoms with Crippen LogP contribution in [0.5, 0.6) is 5.75 Å². The van der Waals surface area contributed by atoms with Crippen LogP contribution in [0.4, 0.5) is 4.79 Å². The number of ether oxygens (including phenoxy) is 2. The summed E-state index contributed by atoms with van der Waals surface area (Å²) in [5, 5.41) is 0. The lowest BCUT2D eigenvalue weighted by Crippen LogP contribution is -2.09. The van der Waals surface area contributed by atoms with Crippen LogP contribution >= 0.6 is 15.9 Å². The molecule has 1 aromatic heterocycles. The van der Waals surface area contributed by atoms with E-state index in [9.17, 15) is 4.79 Å². The SMILES string of the molecule is COC(=O)Oc1c(C)cc(Br)c2nc3ccccc3nc12. The first kappa shape index (κ1) is 13.8. The lowest BCUT2D eigenvalue weighted by Gasteiger charge is -2.11. The number of fused-ring (bicyclic) bond motifs is 2. The fourth-order valence-corrected chi connectivity index (χ4v) is 2.71. The van der Waals surface area contributed by atoms with Crippen LogP contribution in [0.1, 0.15) is 5.56 Å². The molecule has 5 nitrogen and oxygen atoms in total. The zero-order valence-electron chi connectivity index (χ0n) is 11.4. The lowest BCUT2D eigenvalue weighted by molar-refractivity contribution is 0.121. The van der Waals surface area contributed by atoms with Crippen molar-refractivity contribution < 1.29 is 14.3 Å². The molecule has 6 heteroatoms. The van der Waals surface area contributed by atoms with Crippen molar-refractivity contribution in [1.29, 1.82) is 0 Å². The summed E-state index contributed by atoms with van der Waals surface area (Å²) < 4.78 is 10.6. The number of methoxy groups -OCH3 is 1. The van der Waals surface area contributed by atoms with E-state index in [1.165, 1.54) is 7.11 Å². The molecule has 0 unspecified atom stereocenters. The number of aromatic nitrogens is 2. The van der Waals surface area contributed by atoms with Crippen molar-refractivity contribution in [3.8, 4) is 5.75 Å². The second-order valence-corrected chi connectivity index (χ2v) is 5.32. The standard InChI is InChI=1S/C15H11BrN2O3/c1-8-7-9(16)12-13(14(8)21-15(19)20-2)18-11-6-4-3-5-10(11)17-12/h3-7H,1-2H3. The normalized spacial score (nSPS) is 10.8. The van der Waals surface area contributed by atoms with Gasteiger partial charge in [0, 0.05) is 4.47 Å². The van der Waals surface area contributed by atoms with Gasteiger partial charge in [0.15, 0.2) is 5.75 Å². The fourth-order valence-electron chi connectivity index (χ4n) is 2.09. The van der Waals surface area contributed by atoms with Gasteiger partial charge in [0.25, 0.3) is 0 Å². The molecule has 0 fully saturated rings. The first-order valence-corrected chi connectivity index (χ1v) is 7.01. The van der Waals surface area contributed by atoms with Gasteiger partial charge in [0.05, 0.1) is 18.1 Å². The zero-order valence-corrected chi connectivity index (χ0v) is 13.0. The Balaban J connectivity index is 2.35. The maximum absolute atomic E-state index is 11.4. The highest BCUT2D eigenvalue weighted by atomic mass is 79.9. The molecule has 0 saturated heterocycles. The number of para-hydroxylation sites is 2. The van der Waals surface area contributed by atoms with Crippen molar-refractivity contribution >= 4 is 44.2 Å². The van der Waals surface area contributed by atoms with Crippen LogP contribution in [-0.2, 0) is 4.74 Å². The Morgan fingerprint density at radius 1 is 1.14 bits per heavy atom. The highest BCUT2D eigenvalue weighted by molar-refractivity contribution is 9.10. The third-order valence-electron chi connectivity index (χ3n) is 3.07. The van der Waals surface area contributed by atoms with Gasteiger partial charge in [-0.2, -0.15) is 0 Å². The van der Waals surface area contributed by atoms with Crippen molar-refractivity contribution in [2.24, 2.45) is 0 Å². The Morgan fingerprint density at radius 3 is 2.38 bits per heavy atom. The molecule has 3 aromatic rings. The van der Waals surface area contributed by atoms with E-state index in [0.29, 0.717) is 16.8 Å². The first-order chi connectivity index (χ1) is 10.1. The molecule has 0 aliphatic heterocycles. The van der Waals surface area contributed by atoms with E-state index >= 15 is 0 Å². The van der Waals surface area contributed by atoms with Gasteiger partial charge >= 0.3 is 6.16 Å². The summed E-state index contributed by atoms with van der Waals surface area (Å²) in [5.41, 5.74) is 3.43. The summed E-state index contributed by atoms with van der Waals surface area (Å²) in [6.07, 6.45) is -0.781. The minimum atomic E-state index is -0.781. The molecule has 1 heterocycles. The van der Waals surface area contributed by atoms with Crippen molar-refractivity contribution in [2.75, 3.05) is 7.11 Å². The van der Waals surface area contributed by atoms with Crippen LogP contribution in [0.3, 0.4) is 0 Å². The number of halogens is 1. The summed E-state index contributed by atoms with van der Waals surface area (Å²) in [6, 6.07) is 9.37. The largest absolute Gasteiger partial charge is 0.513 e. The molecule has 0 amide bonds. The van der Waals surface area contributed by atoms with E-state index in [4.69, 9.17) is 4.74 Å². The summed E-state index contributed by atoms with van der Waals surface area (Å²) in [5.74, 6) is 0.360. The smallest absolute Gasteiger partial charge is 0.437 e. The topological polar surface area (TPSA) is 61.3 Å². The predicted octanol–water partition coefficient (Wildman–Crippen LogP) is 4.00. The van der Waals surface area contributed by atoms with Crippen LogP contribution in [0.15, 0.2) is 34.8 Å². The van der Waals surface area contributed by atoms with Crippen LogP contribution in [0.25, 0.3) is 22.1 Å². The lowest BCUT2D eigenvalue weighted by atomic mass is 10.1. The minimum absolute atomic E-state index is 0.360. The van der Waals surface area contributed by atoms with Gasteiger partial charge in [-0.05, 0) is 46.6 Å². The molecule has 0 spiro atoms. The molecule has 0 saturated carbocycles. The number of hydrogen-bond acceptors (Lipinski definition) is 5. The average molecular weight is 347 g/mol. The number of carbonyl (C=O) groups is 1. The fraction of sp³-hybridized carbons (Fsp3) is 0.133. The summed E-state index contributed by atoms with van der Waals surface area (Å²) in [7, 11) is 1.26. The average Bonchev–Trinajstić information content (AvgIpc) is 2.49. The Bertz CT molecular complexity index is 864. The molecule has 0 aliphatic carbocycles. The number of rotatable bonds is 1. The summed E-state index contributed by atoms with van der Waals surface area (Å²) >= 11 is 3.48. The Kier molecular flexibility index (Phi) is 3.47. The van der Waals surface area contributed by atoms with E-state index in [0.717, 1.165) is 21.1 Å². The van der Waals surface area contributed by atoms with E-state index in [2.05, 4.69) is 30.6 Å². The predicted molar refractivity (Wildman–Crippen MR) is 82.5 cm³/mol. The maximum atomic E-state index is 11.4. The molecule has 0 N–H and O–H groups in total. The Labute approximate surface area is 129 Å². The number of carbonyl (C=O) groups excluding carboxylic acids is 1. The van der Waals surface area contributed by atoms with Gasteiger partial charge in [-0.15, -0.1) is 0 Å². The third kappa shape index (κ3) is 2.42. The molecule has 106 valence electrons. The monoisotopic (exact) mass is 346 g/mol. The van der Waals surface area contributed by atoms with E-state index in [1.54, 1.807) is 0 Å². The molecule has 0 radical (unpaired) electrons. The summed E-state index contributed by atoms with van der Waals surface area (Å²) in [6.45, 7) is 1.83. The highest BCUT2D eigenvalue weighted by Gasteiger charge is 2.16. The maximum Gasteiger partial charge on any atom is 0.513 e. The van der Waals surface area contributed by atoms with E-state index in [-0.39, 0.29) is 0 Å². The Morgan fingerprint density at radius 2 is 1.76 bits per heavy atom. The highest BCUT2D eigenvalue weighted by Crippen LogP contribution is 2.34. The quantitative estimate of drug-likeness (QED) is 0.378. The minimum Gasteiger partial charge on any atom is -0.437 e. The first-order valence-electron chi connectivity index (χ1n) is 6.21. The number of benzene rings is 2. The molecule has 0 atom stereocenters. The van der Waals surface area contributed by atoms with Crippen LogP contribution < -0.4 is 4.74 Å². The van der Waals surface area contributed by atoms with E-state index < -0.39 is 6.16 Å². The van der Waals surface area contributed by atoms with Crippen molar-refractivity contribution in [3.05, 3.63) is 40.4 Å². The van der Waals surface area contributed by atoms with Gasteiger partial charge in [-0.1, -0.05) is 12.1 Å². The van der Waals surface area contributed by atoms with Crippen molar-refractivity contribution in [3.63, 3.8) is 0 Å². The second kappa shape index (κ2) is 5.29. The van der Waals surface area contributed by atoms with Gasteiger partial charge in [-0.25, -0.2) is 14.8 Å².